The van der Waals surface area contributed by atoms with Gasteiger partial charge in [0, 0.05) is 13.0 Å². The summed E-state index contributed by atoms with van der Waals surface area (Å²) in [7, 11) is 0. The summed E-state index contributed by atoms with van der Waals surface area (Å²) in [5.41, 5.74) is 5.40. The van der Waals surface area contributed by atoms with E-state index in [9.17, 15) is 19.2 Å². The predicted molar refractivity (Wildman–Crippen MR) is 93.3 cm³/mol. The molecule has 1 rings (SSSR count). The molecule has 0 aromatic rings. The fourth-order valence-electron chi connectivity index (χ4n) is 2.84. The van der Waals surface area contributed by atoms with Crippen molar-refractivity contribution in [1.82, 2.24) is 15.5 Å². The molecule has 1 saturated heterocycles. The van der Waals surface area contributed by atoms with E-state index < -0.39 is 29.9 Å². The van der Waals surface area contributed by atoms with Gasteiger partial charge in [-0.15, -0.1) is 0 Å². The van der Waals surface area contributed by atoms with Gasteiger partial charge in [0.15, 0.2) is 0 Å². The average molecular weight is 354 g/mol. The maximum Gasteiger partial charge on any atom is 0.325 e. The van der Waals surface area contributed by atoms with Crippen LogP contribution in [-0.2, 0) is 14.4 Å². The van der Waals surface area contributed by atoms with E-state index in [2.05, 4.69) is 10.6 Å². The second kappa shape index (κ2) is 9.39. The van der Waals surface area contributed by atoms with Crippen molar-refractivity contribution in [3.63, 3.8) is 0 Å². The first-order valence-corrected chi connectivity index (χ1v) is 8.83. The lowest BCUT2D eigenvalue weighted by molar-refractivity contribution is -0.135. The molecule has 8 heteroatoms. The zero-order chi connectivity index (χ0) is 19.1. The van der Waals surface area contributed by atoms with Crippen molar-refractivity contribution < 1.29 is 19.2 Å². The number of nitrogens with one attached hydrogen (secondary N) is 2. The molecule has 2 unspecified atom stereocenters. The summed E-state index contributed by atoms with van der Waals surface area (Å²) in [5.74, 6) is -0.689. The molecule has 0 radical (unpaired) electrons. The van der Waals surface area contributed by atoms with Gasteiger partial charge >= 0.3 is 6.03 Å². The number of nitrogens with zero attached hydrogens (tertiary/aromatic N) is 1. The number of hydrogen-bond acceptors (Lipinski definition) is 4. The standard InChI is InChI=1S/C17H30N4O4/c1-10(2)8-12-16(24)21(17(25)20-12)13(15(18)23)6-5-7-19-14(22)9-11(3)4/h10-13H,5-9H2,1-4H3,(H2,18,23)(H,19,22)(H,20,25). The Morgan fingerprint density at radius 2 is 1.84 bits per heavy atom. The Labute approximate surface area is 148 Å². The molecule has 1 aliphatic rings. The fraction of sp³-hybridized carbons (Fsp3) is 0.765. The van der Waals surface area contributed by atoms with Gasteiger partial charge in [0.25, 0.3) is 5.91 Å². The van der Waals surface area contributed by atoms with Crippen LogP contribution in [0.25, 0.3) is 0 Å². The van der Waals surface area contributed by atoms with Crippen molar-refractivity contribution in [3.8, 4) is 0 Å². The molecule has 5 amide bonds. The summed E-state index contributed by atoms with van der Waals surface area (Å²) < 4.78 is 0. The van der Waals surface area contributed by atoms with Crippen LogP contribution in [0.5, 0.6) is 0 Å². The molecular weight excluding hydrogens is 324 g/mol. The number of amides is 5. The molecule has 0 aromatic heterocycles. The third-order valence-electron chi connectivity index (χ3n) is 3.97. The maximum absolute atomic E-state index is 12.4. The van der Waals surface area contributed by atoms with Crippen molar-refractivity contribution in [1.29, 1.82) is 0 Å². The van der Waals surface area contributed by atoms with Crippen LogP contribution in [0.2, 0.25) is 0 Å². The average Bonchev–Trinajstić information content (AvgIpc) is 2.72. The van der Waals surface area contributed by atoms with Gasteiger partial charge in [0.2, 0.25) is 11.8 Å². The molecule has 0 aromatic carbocycles. The highest BCUT2D eigenvalue weighted by Crippen LogP contribution is 2.19. The molecule has 0 bridgehead atoms. The number of carbonyl (C=O) groups is 4. The fourth-order valence-corrected chi connectivity index (χ4v) is 2.84. The van der Waals surface area contributed by atoms with Crippen LogP contribution >= 0.6 is 0 Å². The first-order valence-electron chi connectivity index (χ1n) is 8.83. The van der Waals surface area contributed by atoms with Gasteiger partial charge in [-0.2, -0.15) is 0 Å². The second-order valence-corrected chi connectivity index (χ2v) is 7.35. The zero-order valence-corrected chi connectivity index (χ0v) is 15.5. The van der Waals surface area contributed by atoms with E-state index in [4.69, 9.17) is 5.73 Å². The summed E-state index contributed by atoms with van der Waals surface area (Å²) in [5, 5.41) is 5.37. The van der Waals surface area contributed by atoms with E-state index in [0.29, 0.717) is 25.8 Å². The van der Waals surface area contributed by atoms with Gasteiger partial charge in [-0.05, 0) is 31.1 Å². The van der Waals surface area contributed by atoms with Crippen molar-refractivity contribution in [2.45, 2.75) is 65.5 Å². The molecule has 0 saturated carbocycles. The summed E-state index contributed by atoms with van der Waals surface area (Å²) in [6.07, 6.45) is 1.62. The highest BCUT2D eigenvalue weighted by molar-refractivity contribution is 6.07. The normalized spacial score (nSPS) is 18.6. The smallest absolute Gasteiger partial charge is 0.325 e. The van der Waals surface area contributed by atoms with Gasteiger partial charge < -0.3 is 16.4 Å². The SMILES string of the molecule is CC(C)CC(=O)NCCCC(C(N)=O)N1C(=O)NC(CC(C)C)C1=O. The highest BCUT2D eigenvalue weighted by Gasteiger charge is 2.43. The lowest BCUT2D eigenvalue weighted by Crippen LogP contribution is -2.48. The van der Waals surface area contributed by atoms with Crippen LogP contribution in [0.1, 0.15) is 53.4 Å². The Kier molecular flexibility index (Phi) is 7.86. The van der Waals surface area contributed by atoms with Crippen LogP contribution in [0.3, 0.4) is 0 Å². The second-order valence-electron chi connectivity index (χ2n) is 7.35. The monoisotopic (exact) mass is 354 g/mol. The number of rotatable bonds is 10. The summed E-state index contributed by atoms with van der Waals surface area (Å²) in [4.78, 5) is 48.8. The first-order chi connectivity index (χ1) is 11.6. The molecule has 0 aliphatic carbocycles. The van der Waals surface area contributed by atoms with Gasteiger partial charge in [-0.1, -0.05) is 27.7 Å². The van der Waals surface area contributed by atoms with Gasteiger partial charge in [0.1, 0.15) is 12.1 Å². The third-order valence-corrected chi connectivity index (χ3v) is 3.97. The Morgan fingerprint density at radius 3 is 2.36 bits per heavy atom. The van der Waals surface area contributed by atoms with Crippen molar-refractivity contribution in [3.05, 3.63) is 0 Å². The minimum Gasteiger partial charge on any atom is -0.368 e. The first kappa shape index (κ1) is 20.9. The molecule has 25 heavy (non-hydrogen) atoms. The molecule has 1 heterocycles. The maximum atomic E-state index is 12.4. The molecule has 2 atom stereocenters. The highest BCUT2D eigenvalue weighted by atomic mass is 16.2. The van der Waals surface area contributed by atoms with E-state index in [0.717, 1.165) is 4.90 Å². The minimum atomic E-state index is -0.994. The van der Waals surface area contributed by atoms with Gasteiger partial charge in [-0.3, -0.25) is 14.4 Å². The van der Waals surface area contributed by atoms with E-state index >= 15 is 0 Å². The Hall–Kier alpha value is -2.12. The number of hydrogen-bond donors (Lipinski definition) is 3. The Balaban J connectivity index is 2.59. The molecule has 1 fully saturated rings. The number of urea groups is 1. The predicted octanol–water partition coefficient (Wildman–Crippen LogP) is 0.749. The number of nitrogens with two attached hydrogens (primary N) is 1. The van der Waals surface area contributed by atoms with E-state index in [1.807, 2.05) is 27.7 Å². The van der Waals surface area contributed by atoms with Crippen LogP contribution in [0.15, 0.2) is 0 Å². The summed E-state index contributed by atoms with van der Waals surface area (Å²) in [6, 6.07) is -2.19. The van der Waals surface area contributed by atoms with Crippen LogP contribution in [0.4, 0.5) is 4.79 Å². The number of imide groups is 1. The van der Waals surface area contributed by atoms with Crippen LogP contribution in [0, 0.1) is 11.8 Å². The third kappa shape index (κ3) is 6.36. The molecule has 8 nitrogen and oxygen atoms in total. The minimum absolute atomic E-state index is 0.0578. The van der Waals surface area contributed by atoms with E-state index in [1.165, 1.54) is 0 Å². The zero-order valence-electron chi connectivity index (χ0n) is 15.5. The molecule has 1 aliphatic heterocycles. The van der Waals surface area contributed by atoms with Gasteiger partial charge in [0.05, 0.1) is 0 Å². The Bertz CT molecular complexity index is 519. The molecular formula is C17H30N4O4. The molecule has 142 valence electrons. The lowest BCUT2D eigenvalue weighted by atomic mass is 10.0. The Morgan fingerprint density at radius 1 is 1.20 bits per heavy atom. The van der Waals surface area contributed by atoms with E-state index in [-0.39, 0.29) is 24.2 Å². The van der Waals surface area contributed by atoms with Crippen molar-refractivity contribution in [2.75, 3.05) is 6.54 Å². The topological polar surface area (TPSA) is 122 Å². The van der Waals surface area contributed by atoms with E-state index in [1.54, 1.807) is 0 Å². The number of carbonyl (C=O) groups excluding carboxylic acids is 4. The number of primary amides is 1. The quantitative estimate of drug-likeness (QED) is 0.396. The molecule has 0 spiro atoms. The lowest BCUT2D eigenvalue weighted by Gasteiger charge is -2.22. The van der Waals surface area contributed by atoms with Crippen LogP contribution in [-0.4, -0.2) is 47.3 Å². The molecule has 4 N–H and O–H groups in total. The summed E-state index contributed by atoms with van der Waals surface area (Å²) in [6.45, 7) is 8.18. The largest absolute Gasteiger partial charge is 0.368 e. The summed E-state index contributed by atoms with van der Waals surface area (Å²) >= 11 is 0. The van der Waals surface area contributed by atoms with Crippen molar-refractivity contribution >= 4 is 23.8 Å². The van der Waals surface area contributed by atoms with Gasteiger partial charge in [-0.25, -0.2) is 9.69 Å². The van der Waals surface area contributed by atoms with Crippen molar-refractivity contribution in [2.24, 2.45) is 17.6 Å². The van der Waals surface area contributed by atoms with Crippen LogP contribution < -0.4 is 16.4 Å².